The Hall–Kier alpha value is -2.15. The molecule has 6 nitrogen and oxygen atoms in total. The topological polar surface area (TPSA) is 60.0 Å². The molecule has 0 aromatic heterocycles. The Kier molecular flexibility index (Phi) is 9.13. The summed E-state index contributed by atoms with van der Waals surface area (Å²) in [4.78, 5) is 14.4. The number of likely N-dealkylation sites (tertiary alicyclic amines) is 1. The third kappa shape index (κ3) is 7.80. The van der Waals surface area contributed by atoms with E-state index in [2.05, 4.69) is 10.2 Å². The molecule has 1 amide bonds. The Morgan fingerprint density at radius 3 is 2.68 bits per heavy atom. The van der Waals surface area contributed by atoms with E-state index < -0.39 is 0 Å². The second kappa shape index (κ2) is 12.0. The smallest absolute Gasteiger partial charge is 0.257 e. The maximum Gasteiger partial charge on any atom is 0.257 e. The summed E-state index contributed by atoms with van der Waals surface area (Å²) < 4.78 is 16.5. The molecule has 1 saturated heterocycles. The van der Waals surface area contributed by atoms with Gasteiger partial charge >= 0.3 is 0 Å². The molecule has 2 aromatic rings. The summed E-state index contributed by atoms with van der Waals surface area (Å²) >= 11 is 11.9. The van der Waals surface area contributed by atoms with Gasteiger partial charge in [-0.15, -0.1) is 0 Å². The highest BCUT2D eigenvalue weighted by molar-refractivity contribution is 6.32. The molecule has 1 aliphatic rings. The standard InChI is InChI=1S/C23H28Cl2N2O4/c1-29-22-13-20(7-8-21(22)25)30-12-2-10-27-11-9-17(15-27)14-26-23(28)16-31-19-5-3-18(24)4-6-19/h3-8,13,17H,2,9-12,14-16H2,1H3,(H,26,28). The van der Waals surface area contributed by atoms with Crippen molar-refractivity contribution in [3.63, 3.8) is 0 Å². The molecule has 0 aliphatic carbocycles. The van der Waals surface area contributed by atoms with Crippen LogP contribution in [0.2, 0.25) is 10.0 Å². The van der Waals surface area contributed by atoms with E-state index in [1.165, 1.54) is 0 Å². The normalized spacial score (nSPS) is 16.2. The third-order valence-corrected chi connectivity index (χ3v) is 5.72. The average molecular weight is 467 g/mol. The number of halogens is 2. The minimum absolute atomic E-state index is 0.00485. The first kappa shape index (κ1) is 23.5. The predicted octanol–water partition coefficient (Wildman–Crippen LogP) is 4.29. The molecule has 1 aliphatic heterocycles. The van der Waals surface area contributed by atoms with Crippen molar-refractivity contribution in [1.29, 1.82) is 0 Å². The lowest BCUT2D eigenvalue weighted by molar-refractivity contribution is -0.123. The number of amides is 1. The lowest BCUT2D eigenvalue weighted by atomic mass is 10.1. The van der Waals surface area contributed by atoms with E-state index in [9.17, 15) is 4.79 Å². The van der Waals surface area contributed by atoms with Crippen LogP contribution in [0.1, 0.15) is 12.8 Å². The van der Waals surface area contributed by atoms with Crippen LogP contribution in [-0.4, -0.2) is 57.3 Å². The Balaban J connectivity index is 1.27. The second-order valence-electron chi connectivity index (χ2n) is 7.50. The molecule has 1 atom stereocenters. The molecule has 0 spiro atoms. The van der Waals surface area contributed by atoms with Gasteiger partial charge in [0.25, 0.3) is 5.91 Å². The van der Waals surface area contributed by atoms with Crippen molar-refractivity contribution in [3.8, 4) is 17.2 Å². The van der Waals surface area contributed by atoms with Gasteiger partial charge < -0.3 is 24.4 Å². The van der Waals surface area contributed by atoms with Gasteiger partial charge in [-0.2, -0.15) is 0 Å². The van der Waals surface area contributed by atoms with E-state index in [0.717, 1.165) is 38.2 Å². The van der Waals surface area contributed by atoms with Crippen molar-refractivity contribution < 1.29 is 19.0 Å². The SMILES string of the molecule is COc1cc(OCCCN2CCC(CNC(=O)COc3ccc(Cl)cc3)C2)ccc1Cl. The summed E-state index contributed by atoms with van der Waals surface area (Å²) in [7, 11) is 1.59. The number of carbonyl (C=O) groups is 1. The highest BCUT2D eigenvalue weighted by Crippen LogP contribution is 2.28. The van der Waals surface area contributed by atoms with E-state index in [1.54, 1.807) is 43.5 Å². The summed E-state index contributed by atoms with van der Waals surface area (Å²) in [6.07, 6.45) is 2.01. The molecule has 1 N–H and O–H groups in total. The van der Waals surface area contributed by atoms with Gasteiger partial charge in [0.05, 0.1) is 18.7 Å². The largest absolute Gasteiger partial charge is 0.495 e. The number of benzene rings is 2. The first-order valence-electron chi connectivity index (χ1n) is 10.4. The Labute approximate surface area is 193 Å². The monoisotopic (exact) mass is 466 g/mol. The fourth-order valence-corrected chi connectivity index (χ4v) is 3.80. The van der Waals surface area contributed by atoms with Gasteiger partial charge in [-0.3, -0.25) is 4.79 Å². The third-order valence-electron chi connectivity index (χ3n) is 5.15. The zero-order valence-electron chi connectivity index (χ0n) is 17.6. The van der Waals surface area contributed by atoms with E-state index in [4.69, 9.17) is 37.4 Å². The molecule has 168 valence electrons. The first-order valence-corrected chi connectivity index (χ1v) is 11.1. The highest BCUT2D eigenvalue weighted by atomic mass is 35.5. The summed E-state index contributed by atoms with van der Waals surface area (Å²) in [6.45, 7) is 4.29. The Bertz CT molecular complexity index is 848. The molecule has 3 rings (SSSR count). The molecule has 0 radical (unpaired) electrons. The minimum Gasteiger partial charge on any atom is -0.495 e. The van der Waals surface area contributed by atoms with Gasteiger partial charge in [-0.05, 0) is 61.7 Å². The fraction of sp³-hybridized carbons (Fsp3) is 0.435. The van der Waals surface area contributed by atoms with Crippen molar-refractivity contribution in [2.45, 2.75) is 12.8 Å². The number of hydrogen-bond acceptors (Lipinski definition) is 5. The van der Waals surface area contributed by atoms with Gasteiger partial charge in [0.1, 0.15) is 17.2 Å². The number of carbonyl (C=O) groups excluding carboxylic acids is 1. The summed E-state index contributed by atoms with van der Waals surface area (Å²) in [6, 6.07) is 12.4. The molecule has 1 heterocycles. The van der Waals surface area contributed by atoms with Crippen LogP contribution in [0.5, 0.6) is 17.2 Å². The second-order valence-corrected chi connectivity index (χ2v) is 8.34. The van der Waals surface area contributed by atoms with E-state index in [0.29, 0.717) is 40.6 Å². The Morgan fingerprint density at radius 2 is 1.90 bits per heavy atom. The lowest BCUT2D eigenvalue weighted by Crippen LogP contribution is -2.34. The van der Waals surface area contributed by atoms with Crippen LogP contribution >= 0.6 is 23.2 Å². The van der Waals surface area contributed by atoms with Crippen LogP contribution in [0, 0.1) is 5.92 Å². The van der Waals surface area contributed by atoms with Crippen molar-refractivity contribution in [2.75, 3.05) is 46.5 Å². The first-order chi connectivity index (χ1) is 15.0. The number of nitrogens with one attached hydrogen (secondary N) is 1. The zero-order valence-corrected chi connectivity index (χ0v) is 19.1. The fourth-order valence-electron chi connectivity index (χ4n) is 3.48. The van der Waals surface area contributed by atoms with Gasteiger partial charge in [-0.25, -0.2) is 0 Å². The molecule has 1 unspecified atom stereocenters. The van der Waals surface area contributed by atoms with Gasteiger partial charge in [0.2, 0.25) is 0 Å². The van der Waals surface area contributed by atoms with Crippen LogP contribution in [0.3, 0.4) is 0 Å². The van der Waals surface area contributed by atoms with Gasteiger partial charge in [-0.1, -0.05) is 23.2 Å². The summed E-state index contributed by atoms with van der Waals surface area (Å²) in [5.74, 6) is 2.35. The molecule has 8 heteroatoms. The minimum atomic E-state index is -0.111. The zero-order chi connectivity index (χ0) is 22.1. The van der Waals surface area contributed by atoms with Crippen molar-refractivity contribution in [2.24, 2.45) is 5.92 Å². The predicted molar refractivity (Wildman–Crippen MR) is 123 cm³/mol. The van der Waals surface area contributed by atoms with Gasteiger partial charge in [0, 0.05) is 30.7 Å². The van der Waals surface area contributed by atoms with Crippen molar-refractivity contribution in [1.82, 2.24) is 10.2 Å². The van der Waals surface area contributed by atoms with E-state index in [1.807, 2.05) is 6.07 Å². The number of nitrogens with zero attached hydrogens (tertiary/aromatic N) is 1. The highest BCUT2D eigenvalue weighted by Gasteiger charge is 2.22. The number of rotatable bonds is 11. The van der Waals surface area contributed by atoms with Crippen LogP contribution in [0.15, 0.2) is 42.5 Å². The van der Waals surface area contributed by atoms with Crippen LogP contribution in [-0.2, 0) is 4.79 Å². The van der Waals surface area contributed by atoms with Crippen LogP contribution < -0.4 is 19.5 Å². The number of methoxy groups -OCH3 is 1. The van der Waals surface area contributed by atoms with Crippen molar-refractivity contribution >= 4 is 29.1 Å². The lowest BCUT2D eigenvalue weighted by Gasteiger charge is -2.17. The molecular formula is C23H28Cl2N2O4. The number of hydrogen-bond donors (Lipinski definition) is 1. The van der Waals surface area contributed by atoms with Crippen molar-refractivity contribution in [3.05, 3.63) is 52.5 Å². The summed E-state index contributed by atoms with van der Waals surface area (Å²) in [5, 5.41) is 4.18. The maximum atomic E-state index is 12.0. The van der Waals surface area contributed by atoms with Gasteiger partial charge in [0.15, 0.2) is 6.61 Å². The van der Waals surface area contributed by atoms with Crippen LogP contribution in [0.25, 0.3) is 0 Å². The molecule has 2 aromatic carbocycles. The van der Waals surface area contributed by atoms with Crippen LogP contribution in [0.4, 0.5) is 0 Å². The quantitative estimate of drug-likeness (QED) is 0.500. The Morgan fingerprint density at radius 1 is 1.13 bits per heavy atom. The maximum absolute atomic E-state index is 12.0. The molecule has 1 fully saturated rings. The summed E-state index contributed by atoms with van der Waals surface area (Å²) in [5.41, 5.74) is 0. The molecule has 0 saturated carbocycles. The average Bonchev–Trinajstić information content (AvgIpc) is 3.23. The molecular weight excluding hydrogens is 439 g/mol. The molecule has 31 heavy (non-hydrogen) atoms. The van der Waals surface area contributed by atoms with E-state index in [-0.39, 0.29) is 12.5 Å². The molecule has 0 bridgehead atoms. The number of ether oxygens (including phenoxy) is 3. The van der Waals surface area contributed by atoms with E-state index >= 15 is 0 Å².